The van der Waals surface area contributed by atoms with Crippen LogP contribution in [0.25, 0.3) is 0 Å². The Bertz CT molecular complexity index is 329. The first-order valence-corrected chi connectivity index (χ1v) is 6.50. The lowest BCUT2D eigenvalue weighted by Crippen LogP contribution is -2.49. The second-order valence-corrected chi connectivity index (χ2v) is 5.10. The van der Waals surface area contributed by atoms with Crippen LogP contribution in [0.15, 0.2) is 0 Å². The predicted molar refractivity (Wildman–Crippen MR) is 63.0 cm³/mol. The average Bonchev–Trinajstić information content (AvgIpc) is 2.75. The van der Waals surface area contributed by atoms with Gasteiger partial charge in [-0.05, 0) is 32.1 Å². The molecule has 0 aromatic heterocycles. The normalized spacial score (nSPS) is 29.3. The fraction of sp³-hybridized carbons (Fsp3) is 0.833. The lowest BCUT2D eigenvalue weighted by Gasteiger charge is -2.31. The van der Waals surface area contributed by atoms with Crippen molar-refractivity contribution in [1.82, 2.24) is 10.2 Å². The maximum atomic E-state index is 13.4. The molecule has 1 saturated heterocycles. The smallest absolute Gasteiger partial charge is 0.317 e. The SMILES string of the molecule is O=C(O)C1CCN(C(=O)N[C@@H]2CCC[C@@H]2F)CC1. The van der Waals surface area contributed by atoms with Crippen LogP contribution in [-0.2, 0) is 4.79 Å². The number of carboxylic acid groups (broad SMARTS) is 1. The summed E-state index contributed by atoms with van der Waals surface area (Å²) in [7, 11) is 0. The highest BCUT2D eigenvalue weighted by Gasteiger charge is 2.31. The molecule has 0 aromatic rings. The molecule has 2 amide bonds. The molecule has 0 aromatic carbocycles. The van der Waals surface area contributed by atoms with Crippen LogP contribution in [0.2, 0.25) is 0 Å². The third-order valence-corrected chi connectivity index (χ3v) is 3.87. The van der Waals surface area contributed by atoms with E-state index in [0.717, 1.165) is 6.42 Å². The number of piperidine rings is 1. The first-order chi connectivity index (χ1) is 8.58. The Kier molecular flexibility index (Phi) is 4.04. The minimum atomic E-state index is -0.939. The van der Waals surface area contributed by atoms with Crippen LogP contribution in [0, 0.1) is 5.92 Å². The minimum absolute atomic E-state index is 0.256. The first kappa shape index (κ1) is 13.1. The number of carboxylic acids is 1. The molecular formula is C12H19FN2O3. The van der Waals surface area contributed by atoms with Crippen molar-refractivity contribution in [2.45, 2.75) is 44.3 Å². The maximum absolute atomic E-state index is 13.4. The Morgan fingerprint density at radius 3 is 2.33 bits per heavy atom. The van der Waals surface area contributed by atoms with Gasteiger partial charge in [0.05, 0.1) is 12.0 Å². The van der Waals surface area contributed by atoms with Gasteiger partial charge < -0.3 is 15.3 Å². The maximum Gasteiger partial charge on any atom is 0.317 e. The standard InChI is InChI=1S/C12H19FN2O3/c13-9-2-1-3-10(9)14-12(18)15-6-4-8(5-7-15)11(16)17/h8-10H,1-7H2,(H,14,18)(H,16,17)/t9-,10+/m0/s1. The Balaban J connectivity index is 1.79. The molecule has 2 N–H and O–H groups in total. The number of aliphatic carboxylic acids is 1. The number of rotatable bonds is 2. The zero-order chi connectivity index (χ0) is 13.1. The molecule has 0 bridgehead atoms. The largest absolute Gasteiger partial charge is 0.481 e. The van der Waals surface area contributed by atoms with Gasteiger partial charge in [0.1, 0.15) is 6.17 Å². The Hall–Kier alpha value is -1.33. The average molecular weight is 258 g/mol. The van der Waals surface area contributed by atoms with E-state index in [4.69, 9.17) is 5.11 Å². The number of likely N-dealkylation sites (tertiary alicyclic amines) is 1. The van der Waals surface area contributed by atoms with Crippen molar-refractivity contribution in [3.8, 4) is 0 Å². The lowest BCUT2D eigenvalue weighted by atomic mass is 9.97. The summed E-state index contributed by atoms with van der Waals surface area (Å²) in [5.41, 5.74) is 0. The predicted octanol–water partition coefficient (Wildman–Crippen LogP) is 1.38. The molecule has 1 aliphatic carbocycles. The second-order valence-electron chi connectivity index (χ2n) is 5.10. The van der Waals surface area contributed by atoms with Gasteiger partial charge in [0, 0.05) is 13.1 Å². The van der Waals surface area contributed by atoms with E-state index in [9.17, 15) is 14.0 Å². The third-order valence-electron chi connectivity index (χ3n) is 3.87. The number of halogens is 1. The summed E-state index contributed by atoms with van der Waals surface area (Å²) < 4.78 is 13.4. The molecule has 1 aliphatic heterocycles. The molecule has 0 radical (unpaired) electrons. The van der Waals surface area contributed by atoms with Gasteiger partial charge in [-0.3, -0.25) is 4.79 Å². The number of hydrogen-bond acceptors (Lipinski definition) is 2. The number of carbonyl (C=O) groups excluding carboxylic acids is 1. The second kappa shape index (κ2) is 5.54. The van der Waals surface area contributed by atoms with E-state index in [2.05, 4.69) is 5.32 Å². The highest BCUT2D eigenvalue weighted by molar-refractivity contribution is 5.75. The molecule has 18 heavy (non-hydrogen) atoms. The number of amides is 2. The van der Waals surface area contributed by atoms with Gasteiger partial charge in [-0.25, -0.2) is 9.18 Å². The molecule has 0 spiro atoms. The van der Waals surface area contributed by atoms with Crippen molar-refractivity contribution in [3.63, 3.8) is 0 Å². The van der Waals surface area contributed by atoms with Crippen LogP contribution in [0.3, 0.4) is 0 Å². The van der Waals surface area contributed by atoms with Crippen LogP contribution >= 0.6 is 0 Å². The number of urea groups is 1. The number of nitrogens with one attached hydrogen (secondary N) is 1. The van der Waals surface area contributed by atoms with E-state index in [1.165, 1.54) is 0 Å². The van der Waals surface area contributed by atoms with Gasteiger partial charge in [-0.1, -0.05) is 0 Å². The molecule has 2 aliphatic rings. The Morgan fingerprint density at radius 2 is 1.83 bits per heavy atom. The molecule has 5 nitrogen and oxygen atoms in total. The van der Waals surface area contributed by atoms with Gasteiger partial charge in [0.2, 0.25) is 0 Å². The Morgan fingerprint density at radius 1 is 1.17 bits per heavy atom. The van der Waals surface area contributed by atoms with Crippen molar-refractivity contribution in [2.24, 2.45) is 5.92 Å². The monoisotopic (exact) mass is 258 g/mol. The zero-order valence-corrected chi connectivity index (χ0v) is 10.3. The summed E-state index contributed by atoms with van der Waals surface area (Å²) in [4.78, 5) is 24.2. The highest BCUT2D eigenvalue weighted by atomic mass is 19.1. The molecular weight excluding hydrogens is 239 g/mol. The summed E-state index contributed by atoms with van der Waals surface area (Å²) in [6, 6.07) is -0.622. The van der Waals surface area contributed by atoms with E-state index in [-0.39, 0.29) is 18.0 Å². The summed E-state index contributed by atoms with van der Waals surface area (Å²) in [5.74, 6) is -1.15. The fourth-order valence-electron chi connectivity index (χ4n) is 2.66. The lowest BCUT2D eigenvalue weighted by molar-refractivity contribution is -0.143. The van der Waals surface area contributed by atoms with Gasteiger partial charge in [0.15, 0.2) is 0 Å². The number of carbonyl (C=O) groups is 2. The number of hydrogen-bond donors (Lipinski definition) is 2. The van der Waals surface area contributed by atoms with E-state index in [1.54, 1.807) is 4.90 Å². The van der Waals surface area contributed by atoms with Crippen LogP contribution in [0.1, 0.15) is 32.1 Å². The topological polar surface area (TPSA) is 69.6 Å². The van der Waals surface area contributed by atoms with E-state index < -0.39 is 12.1 Å². The summed E-state index contributed by atoms with van der Waals surface area (Å²) in [5, 5.41) is 11.6. The van der Waals surface area contributed by atoms with Gasteiger partial charge in [-0.15, -0.1) is 0 Å². The number of alkyl halides is 1. The van der Waals surface area contributed by atoms with Crippen LogP contribution in [0.5, 0.6) is 0 Å². The van der Waals surface area contributed by atoms with E-state index >= 15 is 0 Å². The van der Waals surface area contributed by atoms with E-state index in [1.807, 2.05) is 0 Å². The molecule has 6 heteroatoms. The van der Waals surface area contributed by atoms with Crippen LogP contribution < -0.4 is 5.32 Å². The quantitative estimate of drug-likeness (QED) is 0.786. The van der Waals surface area contributed by atoms with E-state index in [0.29, 0.717) is 38.8 Å². The van der Waals surface area contributed by atoms with Crippen molar-refractivity contribution < 1.29 is 19.1 Å². The first-order valence-electron chi connectivity index (χ1n) is 6.50. The molecule has 1 heterocycles. The van der Waals surface area contributed by atoms with Crippen LogP contribution in [0.4, 0.5) is 9.18 Å². The van der Waals surface area contributed by atoms with Crippen molar-refractivity contribution >= 4 is 12.0 Å². The minimum Gasteiger partial charge on any atom is -0.481 e. The highest BCUT2D eigenvalue weighted by Crippen LogP contribution is 2.23. The van der Waals surface area contributed by atoms with Gasteiger partial charge in [-0.2, -0.15) is 0 Å². The fourth-order valence-corrected chi connectivity index (χ4v) is 2.66. The van der Waals surface area contributed by atoms with Crippen LogP contribution in [-0.4, -0.2) is 47.3 Å². The van der Waals surface area contributed by atoms with Gasteiger partial charge >= 0.3 is 12.0 Å². The van der Waals surface area contributed by atoms with Crippen molar-refractivity contribution in [2.75, 3.05) is 13.1 Å². The molecule has 2 rings (SSSR count). The molecule has 2 atom stereocenters. The summed E-state index contributed by atoms with van der Waals surface area (Å²) in [6.45, 7) is 0.874. The summed E-state index contributed by atoms with van der Waals surface area (Å²) in [6.07, 6.45) is 2.04. The van der Waals surface area contributed by atoms with Gasteiger partial charge in [0.25, 0.3) is 0 Å². The third kappa shape index (κ3) is 2.91. The Labute approximate surface area is 105 Å². The summed E-state index contributed by atoms with van der Waals surface area (Å²) >= 11 is 0. The van der Waals surface area contributed by atoms with Crippen molar-refractivity contribution in [3.05, 3.63) is 0 Å². The molecule has 102 valence electrons. The zero-order valence-electron chi connectivity index (χ0n) is 10.3. The van der Waals surface area contributed by atoms with Crippen molar-refractivity contribution in [1.29, 1.82) is 0 Å². The molecule has 1 saturated carbocycles. The molecule has 2 fully saturated rings. The molecule has 0 unspecified atom stereocenters. The number of nitrogens with zero attached hydrogens (tertiary/aromatic N) is 1.